The number of amides is 1. The van der Waals surface area contributed by atoms with Gasteiger partial charge in [0, 0.05) is 38.2 Å². The van der Waals surface area contributed by atoms with Crippen LogP contribution >= 0.6 is 0 Å². The minimum Gasteiger partial charge on any atom is -0.363 e. The predicted molar refractivity (Wildman–Crippen MR) is 103 cm³/mol. The van der Waals surface area contributed by atoms with Crippen LogP contribution < -0.4 is 10.2 Å². The first-order valence-corrected chi connectivity index (χ1v) is 9.56. The number of hydrogen-bond acceptors (Lipinski definition) is 4. The second kappa shape index (κ2) is 6.74. The Morgan fingerprint density at radius 1 is 1.19 bits per heavy atom. The lowest BCUT2D eigenvalue weighted by atomic mass is 9.86. The van der Waals surface area contributed by atoms with Gasteiger partial charge >= 0.3 is 0 Å². The molecule has 1 aliphatic carbocycles. The lowest BCUT2D eigenvalue weighted by Crippen LogP contribution is -2.26. The van der Waals surface area contributed by atoms with Crippen molar-refractivity contribution in [2.24, 2.45) is 0 Å². The Bertz CT molecular complexity index is 802. The van der Waals surface area contributed by atoms with Gasteiger partial charge in [-0.2, -0.15) is 5.10 Å². The smallest absolute Gasteiger partial charge is 0.226 e. The predicted octanol–water partition coefficient (Wildman–Crippen LogP) is 3.63. The molecule has 26 heavy (non-hydrogen) atoms. The van der Waals surface area contributed by atoms with E-state index >= 15 is 0 Å². The van der Waals surface area contributed by atoms with Crippen molar-refractivity contribution in [2.45, 2.75) is 57.4 Å². The van der Waals surface area contributed by atoms with Crippen molar-refractivity contribution in [3.63, 3.8) is 0 Å². The molecule has 2 aromatic heterocycles. The Balaban J connectivity index is 1.73. The first kappa shape index (κ1) is 17.1. The van der Waals surface area contributed by atoms with E-state index in [0.717, 1.165) is 41.3 Å². The Kier molecular flexibility index (Phi) is 4.42. The standard InChI is InChI=1S/C20H27N5O/c1-13-19-16(14-9-10-17(21-12-14)24(2)3)11-18(26)22-20(19)25(23-13)15-7-5-4-6-8-15/h9-10,12,15-16H,4-8,11H2,1-3H3,(H,22,26). The van der Waals surface area contributed by atoms with Gasteiger partial charge in [-0.1, -0.05) is 25.3 Å². The molecule has 1 aliphatic heterocycles. The van der Waals surface area contributed by atoms with Gasteiger partial charge < -0.3 is 10.2 Å². The van der Waals surface area contributed by atoms with Crippen LogP contribution in [0, 0.1) is 6.92 Å². The molecule has 0 radical (unpaired) electrons. The number of carbonyl (C=O) groups is 1. The van der Waals surface area contributed by atoms with E-state index in [0.29, 0.717) is 12.5 Å². The van der Waals surface area contributed by atoms with E-state index in [9.17, 15) is 4.79 Å². The van der Waals surface area contributed by atoms with Gasteiger partial charge in [0.05, 0.1) is 11.7 Å². The molecule has 0 saturated heterocycles. The largest absolute Gasteiger partial charge is 0.363 e. The molecule has 4 rings (SSSR count). The molecule has 1 atom stereocenters. The normalized spacial score (nSPS) is 20.6. The highest BCUT2D eigenvalue weighted by Crippen LogP contribution is 2.42. The molecule has 0 bridgehead atoms. The van der Waals surface area contributed by atoms with Crippen molar-refractivity contribution in [1.29, 1.82) is 0 Å². The van der Waals surface area contributed by atoms with Crippen LogP contribution in [0.5, 0.6) is 0 Å². The third-order valence-electron chi connectivity index (χ3n) is 5.68. The summed E-state index contributed by atoms with van der Waals surface area (Å²) >= 11 is 0. The summed E-state index contributed by atoms with van der Waals surface area (Å²) in [5.41, 5.74) is 3.26. The Labute approximate surface area is 154 Å². The van der Waals surface area contributed by atoms with Crippen molar-refractivity contribution in [3.05, 3.63) is 35.2 Å². The summed E-state index contributed by atoms with van der Waals surface area (Å²) in [6.07, 6.45) is 8.43. The fraction of sp³-hybridized carbons (Fsp3) is 0.550. The highest BCUT2D eigenvalue weighted by atomic mass is 16.1. The highest BCUT2D eigenvalue weighted by Gasteiger charge is 2.34. The van der Waals surface area contributed by atoms with Crippen LogP contribution in [-0.4, -0.2) is 34.8 Å². The third-order valence-corrected chi connectivity index (χ3v) is 5.68. The molecule has 6 heteroatoms. The van der Waals surface area contributed by atoms with Gasteiger partial charge in [-0.15, -0.1) is 0 Å². The number of nitrogens with zero attached hydrogens (tertiary/aromatic N) is 4. The van der Waals surface area contributed by atoms with Crippen LogP contribution in [0.1, 0.15) is 67.3 Å². The van der Waals surface area contributed by atoms with Crippen molar-refractivity contribution in [1.82, 2.24) is 14.8 Å². The molecule has 1 N–H and O–H groups in total. The SMILES string of the molecule is Cc1nn(C2CCCCC2)c2c1C(c1ccc(N(C)C)nc1)CC(=O)N2. The summed E-state index contributed by atoms with van der Waals surface area (Å²) in [4.78, 5) is 19.0. The van der Waals surface area contributed by atoms with E-state index < -0.39 is 0 Å². The number of rotatable bonds is 3. The van der Waals surface area contributed by atoms with Crippen LogP contribution in [0.4, 0.5) is 11.6 Å². The van der Waals surface area contributed by atoms with Crippen molar-refractivity contribution in [2.75, 3.05) is 24.3 Å². The molecule has 0 spiro atoms. The van der Waals surface area contributed by atoms with Gasteiger partial charge in [-0.25, -0.2) is 9.67 Å². The summed E-state index contributed by atoms with van der Waals surface area (Å²) in [6.45, 7) is 2.06. The average molecular weight is 353 g/mol. The summed E-state index contributed by atoms with van der Waals surface area (Å²) < 4.78 is 2.09. The fourth-order valence-corrected chi connectivity index (χ4v) is 4.32. The minimum atomic E-state index is 0.0276. The number of aryl methyl sites for hydroxylation is 1. The first-order chi connectivity index (χ1) is 12.5. The molecule has 3 heterocycles. The maximum atomic E-state index is 12.4. The van der Waals surface area contributed by atoms with Crippen LogP contribution in [-0.2, 0) is 4.79 Å². The number of carbonyl (C=O) groups excluding carboxylic acids is 1. The van der Waals surface area contributed by atoms with E-state index in [2.05, 4.69) is 28.0 Å². The van der Waals surface area contributed by atoms with Crippen molar-refractivity contribution >= 4 is 17.5 Å². The quantitative estimate of drug-likeness (QED) is 0.915. The Hall–Kier alpha value is -2.37. The van der Waals surface area contributed by atoms with Crippen molar-refractivity contribution < 1.29 is 4.79 Å². The van der Waals surface area contributed by atoms with Crippen LogP contribution in [0.3, 0.4) is 0 Å². The van der Waals surface area contributed by atoms with Gasteiger partial charge in [-0.05, 0) is 31.4 Å². The van der Waals surface area contributed by atoms with Crippen molar-refractivity contribution in [3.8, 4) is 0 Å². The van der Waals surface area contributed by atoms with Gasteiger partial charge in [0.15, 0.2) is 0 Å². The zero-order valence-corrected chi connectivity index (χ0v) is 15.8. The monoisotopic (exact) mass is 353 g/mol. The van der Waals surface area contributed by atoms with Gasteiger partial charge in [0.1, 0.15) is 11.6 Å². The zero-order valence-electron chi connectivity index (χ0n) is 15.8. The molecule has 1 unspecified atom stereocenters. The topological polar surface area (TPSA) is 63.1 Å². The van der Waals surface area contributed by atoms with Crippen LogP contribution in [0.2, 0.25) is 0 Å². The molecule has 2 aliphatic rings. The van der Waals surface area contributed by atoms with Gasteiger partial charge in [0.25, 0.3) is 0 Å². The molecular weight excluding hydrogens is 326 g/mol. The van der Waals surface area contributed by atoms with Crippen LogP contribution in [0.15, 0.2) is 18.3 Å². The number of hydrogen-bond donors (Lipinski definition) is 1. The number of fused-ring (bicyclic) bond motifs is 1. The second-order valence-corrected chi connectivity index (χ2v) is 7.73. The van der Waals surface area contributed by atoms with E-state index in [-0.39, 0.29) is 11.8 Å². The second-order valence-electron chi connectivity index (χ2n) is 7.73. The third kappa shape index (κ3) is 2.97. The minimum absolute atomic E-state index is 0.0276. The molecular formula is C20H27N5O. The van der Waals surface area contributed by atoms with E-state index in [1.54, 1.807) is 0 Å². The number of aromatic nitrogens is 3. The molecule has 1 amide bonds. The van der Waals surface area contributed by atoms with Gasteiger partial charge in [-0.3, -0.25) is 4.79 Å². The number of pyridine rings is 1. The maximum absolute atomic E-state index is 12.4. The number of nitrogens with one attached hydrogen (secondary N) is 1. The van der Waals surface area contributed by atoms with Gasteiger partial charge in [0.2, 0.25) is 5.91 Å². The zero-order chi connectivity index (χ0) is 18.3. The molecule has 0 aromatic carbocycles. The van der Waals surface area contributed by atoms with E-state index in [4.69, 9.17) is 5.10 Å². The maximum Gasteiger partial charge on any atom is 0.226 e. The molecule has 1 saturated carbocycles. The molecule has 6 nitrogen and oxygen atoms in total. The molecule has 1 fully saturated rings. The fourth-order valence-electron chi connectivity index (χ4n) is 4.32. The summed E-state index contributed by atoms with van der Waals surface area (Å²) in [6, 6.07) is 4.51. The van der Waals surface area contributed by atoms with E-state index in [1.165, 1.54) is 19.3 Å². The summed E-state index contributed by atoms with van der Waals surface area (Å²) in [7, 11) is 3.96. The average Bonchev–Trinajstić information content (AvgIpc) is 2.98. The lowest BCUT2D eigenvalue weighted by molar-refractivity contribution is -0.116. The van der Waals surface area contributed by atoms with E-state index in [1.807, 2.05) is 31.3 Å². The molecule has 2 aromatic rings. The number of anilines is 2. The summed E-state index contributed by atoms with van der Waals surface area (Å²) in [5, 5.41) is 7.95. The Morgan fingerprint density at radius 3 is 2.62 bits per heavy atom. The Morgan fingerprint density at radius 2 is 1.96 bits per heavy atom. The molecule has 138 valence electrons. The lowest BCUT2D eigenvalue weighted by Gasteiger charge is -2.28. The summed E-state index contributed by atoms with van der Waals surface area (Å²) in [5.74, 6) is 1.92. The highest BCUT2D eigenvalue weighted by molar-refractivity contribution is 5.94. The van der Waals surface area contributed by atoms with Crippen LogP contribution in [0.25, 0.3) is 0 Å². The first-order valence-electron chi connectivity index (χ1n) is 9.56.